The number of hydrogen-bond donors (Lipinski definition) is 0. The predicted molar refractivity (Wildman–Crippen MR) is 113 cm³/mol. The molecule has 0 saturated carbocycles. The molecule has 3 heteroatoms. The standard InChI is InChI=1S/C25H23NO2/c1-25-20-10-6-7-11-22(20)26(2)23(25)19(24(27)28-3)15-21(25)18-13-12-16-8-4-5-9-17(16)14-18/h4-15,21,23H,1-3H3/t21-,23-,25+/m0/s1. The summed E-state index contributed by atoms with van der Waals surface area (Å²) in [6.07, 6.45) is 2.13. The van der Waals surface area contributed by atoms with Gasteiger partial charge in [-0.25, -0.2) is 4.79 Å². The normalized spacial score (nSPS) is 25.4. The van der Waals surface area contributed by atoms with E-state index in [1.54, 1.807) is 0 Å². The lowest BCUT2D eigenvalue weighted by Crippen LogP contribution is -2.43. The number of methoxy groups -OCH3 is 1. The van der Waals surface area contributed by atoms with Crippen molar-refractivity contribution in [3.8, 4) is 0 Å². The molecular weight excluding hydrogens is 346 g/mol. The van der Waals surface area contributed by atoms with E-state index in [4.69, 9.17) is 4.74 Å². The summed E-state index contributed by atoms with van der Waals surface area (Å²) in [5.74, 6) is -0.138. The summed E-state index contributed by atoms with van der Waals surface area (Å²) in [4.78, 5) is 14.9. The number of nitrogens with zero attached hydrogens (tertiary/aromatic N) is 1. The number of ether oxygens (including phenoxy) is 1. The monoisotopic (exact) mass is 369 g/mol. The molecule has 140 valence electrons. The van der Waals surface area contributed by atoms with Crippen LogP contribution < -0.4 is 4.90 Å². The van der Waals surface area contributed by atoms with Gasteiger partial charge in [-0.05, 0) is 28.0 Å². The second-order valence-electron chi connectivity index (χ2n) is 8.01. The Bertz CT molecular complexity index is 1130. The topological polar surface area (TPSA) is 29.5 Å². The van der Waals surface area contributed by atoms with Crippen LogP contribution in [0.4, 0.5) is 5.69 Å². The van der Waals surface area contributed by atoms with Crippen LogP contribution in [0.25, 0.3) is 10.8 Å². The largest absolute Gasteiger partial charge is 0.466 e. The van der Waals surface area contributed by atoms with E-state index in [0.29, 0.717) is 0 Å². The van der Waals surface area contributed by atoms with Crippen LogP contribution >= 0.6 is 0 Å². The number of carbonyl (C=O) groups excluding carboxylic acids is 1. The second kappa shape index (κ2) is 5.96. The minimum absolute atomic E-state index is 0.0335. The van der Waals surface area contributed by atoms with E-state index >= 15 is 0 Å². The summed E-state index contributed by atoms with van der Waals surface area (Å²) in [5, 5.41) is 2.45. The lowest BCUT2D eigenvalue weighted by molar-refractivity contribution is -0.136. The summed E-state index contributed by atoms with van der Waals surface area (Å²) in [6.45, 7) is 2.28. The van der Waals surface area contributed by atoms with E-state index in [9.17, 15) is 4.79 Å². The zero-order valence-corrected chi connectivity index (χ0v) is 16.3. The molecule has 1 aliphatic heterocycles. The Morgan fingerprint density at radius 3 is 2.50 bits per heavy atom. The molecule has 5 rings (SSSR count). The van der Waals surface area contributed by atoms with Crippen molar-refractivity contribution in [1.82, 2.24) is 0 Å². The van der Waals surface area contributed by atoms with Crippen molar-refractivity contribution in [3.05, 3.63) is 89.5 Å². The van der Waals surface area contributed by atoms with Gasteiger partial charge in [0.25, 0.3) is 0 Å². The van der Waals surface area contributed by atoms with Crippen molar-refractivity contribution in [1.29, 1.82) is 0 Å². The Kier molecular flexibility index (Phi) is 3.63. The van der Waals surface area contributed by atoms with Crippen LogP contribution in [0.1, 0.15) is 24.0 Å². The molecule has 0 spiro atoms. The fraction of sp³-hybridized carbons (Fsp3) is 0.240. The van der Waals surface area contributed by atoms with Crippen molar-refractivity contribution in [2.24, 2.45) is 0 Å². The first-order chi connectivity index (χ1) is 13.6. The van der Waals surface area contributed by atoms with E-state index in [1.807, 2.05) is 0 Å². The van der Waals surface area contributed by atoms with Crippen LogP contribution in [0.5, 0.6) is 0 Å². The summed E-state index contributed by atoms with van der Waals surface area (Å²) in [5.41, 5.74) is 4.24. The number of benzene rings is 3. The summed E-state index contributed by atoms with van der Waals surface area (Å²) in [6, 6.07) is 23.5. The number of fused-ring (bicyclic) bond motifs is 4. The average molecular weight is 369 g/mol. The molecular formula is C25H23NO2. The van der Waals surface area contributed by atoms with E-state index in [0.717, 1.165) is 5.57 Å². The molecule has 0 bridgehead atoms. The Hall–Kier alpha value is -3.07. The summed E-state index contributed by atoms with van der Waals surface area (Å²) >= 11 is 0. The number of esters is 1. The molecule has 0 radical (unpaired) electrons. The van der Waals surface area contributed by atoms with Gasteiger partial charge in [-0.2, -0.15) is 0 Å². The van der Waals surface area contributed by atoms with Gasteiger partial charge in [0.1, 0.15) is 0 Å². The van der Waals surface area contributed by atoms with Crippen molar-refractivity contribution < 1.29 is 9.53 Å². The molecule has 1 heterocycles. The van der Waals surface area contributed by atoms with Crippen molar-refractivity contribution in [2.45, 2.75) is 24.3 Å². The first kappa shape index (κ1) is 17.1. The molecule has 0 amide bonds. The number of likely N-dealkylation sites (N-methyl/N-ethyl adjacent to an activating group) is 1. The molecule has 3 aromatic carbocycles. The van der Waals surface area contributed by atoms with Gasteiger partial charge < -0.3 is 9.64 Å². The van der Waals surface area contributed by atoms with Crippen molar-refractivity contribution in [2.75, 3.05) is 19.1 Å². The van der Waals surface area contributed by atoms with E-state index < -0.39 is 0 Å². The van der Waals surface area contributed by atoms with Crippen LogP contribution in [-0.2, 0) is 14.9 Å². The lowest BCUT2D eigenvalue weighted by atomic mass is 9.69. The molecule has 0 saturated heterocycles. The lowest BCUT2D eigenvalue weighted by Gasteiger charge is -2.35. The highest BCUT2D eigenvalue weighted by atomic mass is 16.5. The third kappa shape index (κ3) is 2.13. The molecule has 0 N–H and O–H groups in total. The number of rotatable bonds is 2. The Balaban J connectivity index is 1.73. The molecule has 2 aliphatic rings. The molecule has 3 atom stereocenters. The summed E-state index contributed by atoms with van der Waals surface area (Å²) < 4.78 is 5.16. The SMILES string of the molecule is COC(=O)C1=C[C@@H](c2ccc3ccccc3c2)[C@@]2(C)c3ccccc3N(C)[C@@H]12. The molecule has 1 aliphatic carbocycles. The quantitative estimate of drug-likeness (QED) is 0.607. The van der Waals surface area contributed by atoms with Gasteiger partial charge in [0.15, 0.2) is 0 Å². The fourth-order valence-electron chi connectivity index (χ4n) is 5.38. The van der Waals surface area contributed by atoms with Gasteiger partial charge in [-0.15, -0.1) is 0 Å². The van der Waals surface area contributed by atoms with Gasteiger partial charge in [-0.3, -0.25) is 0 Å². The number of para-hydroxylation sites is 1. The van der Waals surface area contributed by atoms with Gasteiger partial charge in [0, 0.05) is 24.1 Å². The third-order valence-electron chi connectivity index (χ3n) is 6.66. The molecule has 0 unspecified atom stereocenters. The Morgan fingerprint density at radius 1 is 1.00 bits per heavy atom. The fourth-order valence-corrected chi connectivity index (χ4v) is 5.38. The highest BCUT2D eigenvalue weighted by molar-refractivity contribution is 5.94. The Labute approximate surface area is 165 Å². The van der Waals surface area contributed by atoms with Crippen LogP contribution in [0.15, 0.2) is 78.4 Å². The molecule has 28 heavy (non-hydrogen) atoms. The number of anilines is 1. The third-order valence-corrected chi connectivity index (χ3v) is 6.66. The van der Waals surface area contributed by atoms with E-state index in [1.165, 1.54) is 34.7 Å². The molecule has 0 fully saturated rings. The maximum absolute atomic E-state index is 12.7. The van der Waals surface area contributed by atoms with Gasteiger partial charge in [-0.1, -0.05) is 73.7 Å². The molecule has 3 nitrogen and oxygen atoms in total. The smallest absolute Gasteiger partial charge is 0.335 e. The minimum Gasteiger partial charge on any atom is -0.466 e. The molecule has 0 aromatic heterocycles. The minimum atomic E-state index is -0.237. The first-order valence-electron chi connectivity index (χ1n) is 9.66. The number of hydrogen-bond acceptors (Lipinski definition) is 3. The zero-order valence-electron chi connectivity index (χ0n) is 16.3. The van der Waals surface area contributed by atoms with Crippen LogP contribution in [0.3, 0.4) is 0 Å². The highest BCUT2D eigenvalue weighted by Crippen LogP contribution is 2.58. The van der Waals surface area contributed by atoms with Crippen LogP contribution in [0.2, 0.25) is 0 Å². The van der Waals surface area contributed by atoms with E-state index in [2.05, 4.69) is 91.7 Å². The van der Waals surface area contributed by atoms with Gasteiger partial charge in [0.2, 0.25) is 0 Å². The maximum Gasteiger partial charge on any atom is 0.335 e. The number of allylic oxidation sites excluding steroid dienone is 1. The van der Waals surface area contributed by atoms with Crippen LogP contribution in [-0.4, -0.2) is 26.2 Å². The molecule has 3 aromatic rings. The average Bonchev–Trinajstić information content (AvgIpc) is 3.17. The van der Waals surface area contributed by atoms with Crippen molar-refractivity contribution >= 4 is 22.4 Å². The summed E-state index contributed by atoms with van der Waals surface area (Å²) in [7, 11) is 3.54. The number of carbonyl (C=O) groups is 1. The van der Waals surface area contributed by atoms with Crippen molar-refractivity contribution in [3.63, 3.8) is 0 Å². The van der Waals surface area contributed by atoms with Gasteiger partial charge >= 0.3 is 5.97 Å². The maximum atomic E-state index is 12.7. The predicted octanol–water partition coefficient (Wildman–Crippen LogP) is 4.81. The second-order valence-corrected chi connectivity index (χ2v) is 8.01. The van der Waals surface area contributed by atoms with Crippen LogP contribution in [0, 0.1) is 0 Å². The highest BCUT2D eigenvalue weighted by Gasteiger charge is 2.57. The van der Waals surface area contributed by atoms with E-state index in [-0.39, 0.29) is 23.3 Å². The zero-order chi connectivity index (χ0) is 19.5. The first-order valence-corrected chi connectivity index (χ1v) is 9.66. The Morgan fingerprint density at radius 2 is 1.71 bits per heavy atom. The van der Waals surface area contributed by atoms with Gasteiger partial charge in [0.05, 0.1) is 18.7 Å².